The summed E-state index contributed by atoms with van der Waals surface area (Å²) in [7, 11) is 1.46. The van der Waals surface area contributed by atoms with Crippen molar-refractivity contribution in [3.63, 3.8) is 0 Å². The third-order valence-electron chi connectivity index (χ3n) is 17.8. The fraction of sp³-hybridized carbons (Fsp3) is 0.424. The molecule has 20 N–H and O–H groups in total. The van der Waals surface area contributed by atoms with E-state index in [9.17, 15) is 84.9 Å². The largest absolute Gasteiger partial charge is 0.508 e. The molecule has 0 spiro atoms. The second-order valence-electron chi connectivity index (χ2n) is 25.6. The van der Waals surface area contributed by atoms with E-state index >= 15 is 9.59 Å². The van der Waals surface area contributed by atoms with E-state index in [4.69, 9.17) is 57.4 Å². The van der Waals surface area contributed by atoms with E-state index in [1.807, 2.05) is 13.8 Å². The van der Waals surface area contributed by atoms with Crippen molar-refractivity contribution in [2.45, 2.75) is 156 Å². The van der Waals surface area contributed by atoms with Gasteiger partial charge < -0.3 is 128 Å². The molecule has 0 radical (unpaired) electrons. The Morgan fingerprint density at radius 2 is 1.32 bits per heavy atom. The van der Waals surface area contributed by atoms with Crippen molar-refractivity contribution in [1.82, 2.24) is 37.2 Å². The van der Waals surface area contributed by atoms with E-state index in [1.165, 1.54) is 27.0 Å². The number of nitrogens with two attached hydrogens (primary N) is 1. The Labute approximate surface area is 583 Å². The number of hydrogen-bond acceptors (Lipinski definition) is 25. The highest BCUT2D eigenvalue weighted by Gasteiger charge is 2.51. The van der Waals surface area contributed by atoms with Crippen molar-refractivity contribution in [3.8, 4) is 57.1 Å². The Kier molecular flexibility index (Phi) is 22.2. The first-order valence-corrected chi connectivity index (χ1v) is 32.3. The number of likely N-dealkylation sites (N-methyl/N-ethyl adjacent to an activating group) is 1. The lowest BCUT2D eigenvalue weighted by atomic mass is 9.86. The molecule has 7 aliphatic heterocycles. The number of phenols is 3. The maximum Gasteiger partial charge on any atom is 0.330 e. The number of nitrogens with one attached hydrogen (secondary N) is 7. The highest BCUT2D eigenvalue weighted by molar-refractivity contribution is 6.32. The summed E-state index contributed by atoms with van der Waals surface area (Å²) in [6, 6.07) is -0.942. The summed E-state index contributed by atoms with van der Waals surface area (Å²) in [5, 5.41) is 141. The molecule has 7 heterocycles. The Hall–Kier alpha value is -9.20. The third-order valence-corrected chi connectivity index (χ3v) is 18.3. The number of aromatic hydroxyl groups is 3. The monoisotopic (exact) mass is 1450 g/mol. The molecule has 12 rings (SSSR count). The fourth-order valence-electron chi connectivity index (χ4n) is 12.4. The lowest BCUT2D eigenvalue weighted by Gasteiger charge is -2.47. The smallest absolute Gasteiger partial charge is 0.330 e. The van der Waals surface area contributed by atoms with E-state index < -0.39 is 242 Å². The van der Waals surface area contributed by atoms with Crippen LogP contribution >= 0.6 is 23.2 Å². The molecule has 7 aliphatic rings. The average molecular weight is 1450 g/mol. The average Bonchev–Trinajstić information content (AvgIpc) is 0.953. The molecule has 0 aliphatic carbocycles. The number of rotatable bonds is 12. The molecule has 18 atom stereocenters. The Bertz CT molecular complexity index is 4070. The van der Waals surface area contributed by atoms with E-state index in [-0.39, 0.29) is 41.2 Å². The van der Waals surface area contributed by atoms with Gasteiger partial charge in [0.05, 0.1) is 41.3 Å². The molecule has 2 saturated heterocycles. The first-order valence-electron chi connectivity index (χ1n) is 31.6. The van der Waals surface area contributed by atoms with Gasteiger partial charge in [-0.05, 0) is 110 Å². The number of phenolic OH excluding ortho intramolecular Hbond substituents is 3. The Morgan fingerprint density at radius 3 is 1.90 bits per heavy atom. The Morgan fingerprint density at radius 1 is 0.703 bits per heavy atom. The van der Waals surface area contributed by atoms with Crippen LogP contribution < -0.4 is 57.2 Å². The number of halogens is 2. The minimum Gasteiger partial charge on any atom is -0.508 e. The standard InChI is InChI=1S/C66H74Cl2N8O25/c1-23(2)12-34(70-5)58(87)75-49-51(82)26-7-10-38(32(67)14-26)97-40-16-28-17-41(55(40)101-65-56(54(85)53(84)42(22-77)99-65)100-44-21-66(4,69)57(86)24(3)96-44)98-39-11-8-27(15-33(39)68)52(83)50-62(91)74-48(64(94)95)31-18-29(78)19-37(80)45(31)30-13-25(6-9-36(30)79)46(59(88)76-50)73-60(89)47(28)72-43(81)20-35(63(92)93)71-61(49)90/h6-11,13-19,23-24,34-35,42,44,46-54,56-57,65,70,77-80,82-86H,12,20-22,69H2,1-5H3,(H,71,90)(H,72,81)(H,73,89)(H,74,91)(H,75,87)(H,76,88)(H,92,93)(H,94,95)/t24-,34+,35-,42-,44+,46+,47+,48+,49+,50-,51-,52+,53-,54+,56-,57-,65+,66+/m1/s1. The number of fused-ring (bicyclic) bond motifs is 16. The van der Waals surface area contributed by atoms with Crippen molar-refractivity contribution < 1.29 is 123 Å². The van der Waals surface area contributed by atoms with Crippen LogP contribution in [0.5, 0.6) is 46.0 Å². The van der Waals surface area contributed by atoms with E-state index in [0.29, 0.717) is 0 Å². The zero-order chi connectivity index (χ0) is 73.5. The minimum absolute atomic E-state index is 0.0991. The number of aliphatic hydroxyl groups is 6. The molecule has 5 aromatic carbocycles. The molecule has 0 saturated carbocycles. The SMILES string of the molecule is CN[C@@H](CC(C)C)C(=O)N[C@@H]1C(=O)N[C@@H](C(=O)O)CC(=O)N[C@@H]2C(=O)N[C@@H]3C(=O)N[C@@H](C(=O)N[C@H](C(=O)O)c4cc(O)cc(O)c4-c4cc3ccc4O)[C@@H](O)c3ccc(c(Cl)c3)Oc3cc2cc(c3O[C@@H]2O[C@H](CO)[C@@H](O)[C@H](O)[C@H]2O[C@H]2C[C@](C)(N)[C@H](O)[C@@H](C)O2)Oc2ccc(cc2Cl)[C@H]1O. The van der Waals surface area contributed by atoms with Gasteiger partial charge in [-0.25, -0.2) is 9.59 Å². The van der Waals surface area contributed by atoms with Crippen LogP contribution in [0.3, 0.4) is 0 Å². The van der Waals surface area contributed by atoms with Gasteiger partial charge >= 0.3 is 11.9 Å². The number of ether oxygens (including phenoxy) is 6. The number of carbonyl (C=O) groups excluding carboxylic acids is 6. The molecule has 35 heteroatoms. The van der Waals surface area contributed by atoms with Gasteiger partial charge in [0, 0.05) is 34.7 Å². The summed E-state index contributed by atoms with van der Waals surface area (Å²) in [6.45, 7) is 5.63. The molecule has 101 heavy (non-hydrogen) atoms. The first-order chi connectivity index (χ1) is 47.7. The predicted octanol–water partition coefficient (Wildman–Crippen LogP) is 0.706. The number of aliphatic carboxylic acids is 2. The summed E-state index contributed by atoms with van der Waals surface area (Å²) in [5.74, 6) is -16.7. The zero-order valence-electron chi connectivity index (χ0n) is 54.2. The van der Waals surface area contributed by atoms with Gasteiger partial charge in [-0.3, -0.25) is 28.8 Å². The van der Waals surface area contributed by atoms with Crippen LogP contribution in [0.1, 0.15) is 105 Å². The van der Waals surface area contributed by atoms with Crippen molar-refractivity contribution >= 4 is 70.6 Å². The molecular formula is C66H74Cl2N8O25. The number of carbonyl (C=O) groups is 8. The normalized spacial score (nSPS) is 29.6. The van der Waals surface area contributed by atoms with Crippen LogP contribution in [0.4, 0.5) is 0 Å². The summed E-state index contributed by atoms with van der Waals surface area (Å²) < 4.78 is 38.2. The molecule has 33 nitrogen and oxygen atoms in total. The van der Waals surface area contributed by atoms with Crippen LogP contribution in [0, 0.1) is 5.92 Å². The molecule has 6 amide bonds. The van der Waals surface area contributed by atoms with Gasteiger partial charge in [-0.1, -0.05) is 55.2 Å². The van der Waals surface area contributed by atoms with Crippen LogP contribution in [0.15, 0.2) is 78.9 Å². The van der Waals surface area contributed by atoms with E-state index in [1.54, 1.807) is 0 Å². The van der Waals surface area contributed by atoms with E-state index in [0.717, 1.165) is 72.8 Å². The molecule has 5 aromatic rings. The van der Waals surface area contributed by atoms with Crippen molar-refractivity contribution in [2.24, 2.45) is 11.7 Å². The molecule has 2 fully saturated rings. The number of carboxylic acid groups (broad SMARTS) is 2. The highest BCUT2D eigenvalue weighted by atomic mass is 35.5. The van der Waals surface area contributed by atoms with Crippen LogP contribution in [-0.4, -0.2) is 196 Å². The quantitative estimate of drug-likeness (QED) is 0.0817. The van der Waals surface area contributed by atoms with Gasteiger partial charge in [-0.2, -0.15) is 0 Å². The summed E-state index contributed by atoms with van der Waals surface area (Å²) in [6.07, 6.45) is -18.8. The summed E-state index contributed by atoms with van der Waals surface area (Å²) >= 11 is 14.1. The number of aliphatic hydroxyl groups excluding tert-OH is 6. The van der Waals surface area contributed by atoms with Crippen LogP contribution in [-0.2, 0) is 52.6 Å². The summed E-state index contributed by atoms with van der Waals surface area (Å²) in [5.41, 5.74) is 2.21. The lowest BCUT2D eigenvalue weighted by Crippen LogP contribution is -2.64. The number of hydrogen-bond donors (Lipinski definition) is 19. The van der Waals surface area contributed by atoms with Gasteiger partial charge in [0.2, 0.25) is 47.5 Å². The molecular weight excluding hydrogens is 1380 g/mol. The van der Waals surface area contributed by atoms with Gasteiger partial charge in [0.1, 0.15) is 89.5 Å². The third kappa shape index (κ3) is 15.8. The zero-order valence-corrected chi connectivity index (χ0v) is 55.7. The maximum absolute atomic E-state index is 15.9. The molecule has 0 aromatic heterocycles. The van der Waals surface area contributed by atoms with Crippen LogP contribution in [0.25, 0.3) is 11.1 Å². The van der Waals surface area contributed by atoms with Gasteiger partial charge in [0.15, 0.2) is 29.9 Å². The topological polar surface area (TPSA) is 525 Å². The molecule has 0 unspecified atom stereocenters. The fourth-order valence-corrected chi connectivity index (χ4v) is 12.9. The number of benzene rings is 5. The second kappa shape index (κ2) is 30.2. The minimum atomic E-state index is -2.32. The van der Waals surface area contributed by atoms with Crippen molar-refractivity contribution in [1.29, 1.82) is 0 Å². The Balaban J connectivity index is 1.23. The predicted molar refractivity (Wildman–Crippen MR) is 348 cm³/mol. The van der Waals surface area contributed by atoms with E-state index in [2.05, 4.69) is 37.2 Å². The van der Waals surface area contributed by atoms with Crippen molar-refractivity contribution in [3.05, 3.63) is 117 Å². The molecule has 11 bridgehead atoms. The van der Waals surface area contributed by atoms with Gasteiger partial charge in [0.25, 0.3) is 0 Å². The van der Waals surface area contributed by atoms with Gasteiger partial charge in [-0.15, -0.1) is 0 Å². The van der Waals surface area contributed by atoms with Crippen LogP contribution in [0.2, 0.25) is 10.0 Å². The molecule has 542 valence electrons. The summed E-state index contributed by atoms with van der Waals surface area (Å²) in [4.78, 5) is 116. The lowest BCUT2D eigenvalue weighted by molar-refractivity contribution is -0.333. The maximum atomic E-state index is 15.9. The highest BCUT2D eigenvalue weighted by Crippen LogP contribution is 2.50. The number of amides is 6. The number of carboxylic acids is 2. The van der Waals surface area contributed by atoms with Crippen molar-refractivity contribution in [2.75, 3.05) is 13.7 Å². The first kappa shape index (κ1) is 74.5. The second-order valence-corrected chi connectivity index (χ2v) is 26.5.